The molecule has 2 unspecified atom stereocenters. The molecule has 1 heterocycles. The van der Waals surface area contributed by atoms with Gasteiger partial charge in [-0.3, -0.25) is 43.8 Å². The molecular weight excluding hydrogens is 704 g/mol. The molecule has 1 saturated heterocycles. The van der Waals surface area contributed by atoms with Crippen molar-refractivity contribution in [3.8, 4) is 5.75 Å². The van der Waals surface area contributed by atoms with Gasteiger partial charge in [0.2, 0.25) is 23.1 Å². The van der Waals surface area contributed by atoms with Gasteiger partial charge in [0, 0.05) is 50.4 Å². The Balaban J connectivity index is 1.45. The average Bonchev–Trinajstić information content (AvgIpc) is 3.73. The summed E-state index contributed by atoms with van der Waals surface area (Å²) in [6.07, 6.45) is -1.38. The first-order valence-electron chi connectivity index (χ1n) is 17.7. The molecule has 2 fully saturated rings. The Hall–Kier alpha value is -5.55. The van der Waals surface area contributed by atoms with Crippen LogP contribution in [0, 0.1) is 10.1 Å². The lowest BCUT2D eigenvalue weighted by molar-refractivity contribution is -0.384. The van der Waals surface area contributed by atoms with Crippen molar-refractivity contribution in [3.63, 3.8) is 0 Å². The number of methoxy groups -OCH3 is 1. The number of hydrogen-bond donors (Lipinski definition) is 3. The zero-order valence-electron chi connectivity index (χ0n) is 30.6. The summed E-state index contributed by atoms with van der Waals surface area (Å²) in [5.74, 6) is -4.52. The van der Waals surface area contributed by atoms with Crippen molar-refractivity contribution >= 4 is 46.9 Å². The van der Waals surface area contributed by atoms with E-state index >= 15 is 0 Å². The number of ether oxygens (including phenoxy) is 2. The van der Waals surface area contributed by atoms with Crippen molar-refractivity contribution in [3.05, 3.63) is 70.3 Å². The second kappa shape index (κ2) is 18.0. The number of nitrogens with zero attached hydrogens (tertiary/aromatic N) is 3. The lowest BCUT2D eigenvalue weighted by atomic mass is 9.82. The number of Topliss-reactive ketones (excluding diaryl/α,β-unsaturated/α-hetero) is 3. The number of carbonyl (C=O) groups excluding carboxylic acids is 7. The number of nitrogens with one attached hydrogen (secondary N) is 2. The monoisotopic (exact) mass is 750 g/mol. The molecule has 1 saturated carbocycles. The first-order valence-corrected chi connectivity index (χ1v) is 17.7. The first-order chi connectivity index (χ1) is 25.6. The summed E-state index contributed by atoms with van der Waals surface area (Å²) in [6.45, 7) is 4.83. The van der Waals surface area contributed by atoms with Gasteiger partial charge < -0.3 is 30.7 Å². The molecule has 4 N–H and O–H groups in total. The minimum absolute atomic E-state index is 0.0643. The highest BCUT2D eigenvalue weighted by molar-refractivity contribution is 6.36. The molecule has 17 heteroatoms. The minimum Gasteiger partial charge on any atom is -0.410 e. The van der Waals surface area contributed by atoms with E-state index in [1.54, 1.807) is 24.3 Å². The fraction of sp³-hybridized carbons (Fsp3) is 0.486. The average molecular weight is 751 g/mol. The quantitative estimate of drug-likeness (QED) is 0.0968. The molecule has 0 bridgehead atoms. The molecule has 4 amide bonds. The van der Waals surface area contributed by atoms with Crippen LogP contribution in [0.3, 0.4) is 0 Å². The van der Waals surface area contributed by atoms with Crippen LogP contribution in [0.1, 0.15) is 69.7 Å². The van der Waals surface area contributed by atoms with Gasteiger partial charge in [0.25, 0.3) is 11.6 Å². The first kappa shape index (κ1) is 41.2. The molecule has 5 atom stereocenters. The van der Waals surface area contributed by atoms with Gasteiger partial charge in [-0.15, -0.1) is 0 Å². The zero-order chi connectivity index (χ0) is 39.7. The van der Waals surface area contributed by atoms with Crippen LogP contribution in [-0.2, 0) is 28.7 Å². The molecule has 1 aliphatic heterocycles. The van der Waals surface area contributed by atoms with E-state index in [2.05, 4.69) is 10.6 Å². The van der Waals surface area contributed by atoms with Crippen molar-refractivity contribution in [2.24, 2.45) is 5.73 Å². The molecular formula is C37H46N6O11. The van der Waals surface area contributed by atoms with Crippen LogP contribution < -0.4 is 21.1 Å². The van der Waals surface area contributed by atoms with Gasteiger partial charge in [-0.1, -0.05) is 18.2 Å². The molecule has 4 rings (SSSR count). The predicted molar refractivity (Wildman–Crippen MR) is 192 cm³/mol. The van der Waals surface area contributed by atoms with Crippen LogP contribution >= 0.6 is 0 Å². The highest BCUT2D eigenvalue weighted by Gasteiger charge is 2.67. The third-order valence-electron chi connectivity index (χ3n) is 9.56. The van der Waals surface area contributed by atoms with Crippen molar-refractivity contribution < 1.29 is 48.0 Å². The lowest BCUT2D eigenvalue weighted by Gasteiger charge is -2.41. The van der Waals surface area contributed by atoms with Crippen LogP contribution in [0.15, 0.2) is 54.6 Å². The van der Waals surface area contributed by atoms with Crippen LogP contribution in [0.5, 0.6) is 5.75 Å². The molecule has 2 aromatic rings. The topological polar surface area (TPSA) is 238 Å². The van der Waals surface area contributed by atoms with E-state index in [0.717, 1.165) is 29.2 Å². The fourth-order valence-electron chi connectivity index (χ4n) is 6.81. The summed E-state index contributed by atoms with van der Waals surface area (Å²) < 4.78 is 10.7. The Kier molecular flexibility index (Phi) is 13.7. The maximum absolute atomic E-state index is 14.7. The van der Waals surface area contributed by atoms with Gasteiger partial charge in [0.05, 0.1) is 17.0 Å². The Morgan fingerprint density at radius 3 is 2.30 bits per heavy atom. The number of benzene rings is 2. The van der Waals surface area contributed by atoms with E-state index in [9.17, 15) is 43.7 Å². The summed E-state index contributed by atoms with van der Waals surface area (Å²) in [7, 11) is 1.19. The second-order valence-electron chi connectivity index (χ2n) is 13.5. The van der Waals surface area contributed by atoms with Gasteiger partial charge in [0.15, 0.2) is 11.6 Å². The number of nitrogens with two attached hydrogens (primary N) is 1. The van der Waals surface area contributed by atoms with Crippen LogP contribution in [0.2, 0.25) is 0 Å². The van der Waals surface area contributed by atoms with Crippen LogP contribution in [-0.4, -0.2) is 112 Å². The van der Waals surface area contributed by atoms with Gasteiger partial charge in [-0.2, -0.15) is 0 Å². The van der Waals surface area contributed by atoms with E-state index in [1.165, 1.54) is 32.8 Å². The zero-order valence-corrected chi connectivity index (χ0v) is 30.6. The number of carbonyl (C=O) groups is 7. The number of hydrogen-bond acceptors (Lipinski definition) is 12. The smallest absolute Gasteiger partial charge is 0.410 e. The molecule has 0 aromatic heterocycles. The Morgan fingerprint density at radius 1 is 1.04 bits per heavy atom. The normalized spacial score (nSPS) is 20.7. The SMILES string of the molecule is COC1CC(=O)C(C(=O)[C@@H]2CCCN2C(=O)[C@H](C)NC(=O)[C@@H](N)CCCCNC(=O)c2ccccc2)(N(C(=O)Oc2ccc([N+](=O)[O-])cc2)C(C)C)C1=O. The fourth-order valence-corrected chi connectivity index (χ4v) is 6.81. The standard InChI is InChI=1S/C37H46N6O11/c1-22(2)42(36(50)54-26-17-15-25(16-18-26)43(51)52)37(30(44)21-29(53-4)32(37)46)31(45)28-14-10-20-41(28)35(49)23(3)40-34(48)27(38)13-8-9-19-39-33(47)24-11-6-5-7-12-24/h5-7,11-12,15-18,22-23,27-29H,8-10,13-14,19-21,38H2,1-4H3,(H,39,47)(H,40,48)/t23-,27-,28-,29?,37?/m0/s1. The molecule has 0 radical (unpaired) electrons. The number of likely N-dealkylation sites (tertiary alicyclic amines) is 1. The number of non-ortho nitro benzene ring substituents is 1. The molecule has 290 valence electrons. The van der Waals surface area contributed by atoms with E-state index in [0.29, 0.717) is 31.4 Å². The number of rotatable bonds is 16. The Morgan fingerprint density at radius 2 is 1.70 bits per heavy atom. The number of ketones is 3. The maximum atomic E-state index is 14.7. The number of nitro benzene ring substituents is 1. The van der Waals surface area contributed by atoms with Crippen LogP contribution in [0.25, 0.3) is 0 Å². The van der Waals surface area contributed by atoms with E-state index in [4.69, 9.17) is 15.2 Å². The van der Waals surface area contributed by atoms with E-state index in [-0.39, 0.29) is 36.7 Å². The van der Waals surface area contributed by atoms with Crippen molar-refractivity contribution in [2.45, 2.75) is 95.1 Å². The van der Waals surface area contributed by atoms with Gasteiger partial charge in [0.1, 0.15) is 17.9 Å². The van der Waals surface area contributed by atoms with E-state index < -0.39 is 82.4 Å². The minimum atomic E-state index is -2.71. The Labute approximate surface area is 312 Å². The van der Waals surface area contributed by atoms with Crippen molar-refractivity contribution in [1.29, 1.82) is 0 Å². The summed E-state index contributed by atoms with van der Waals surface area (Å²) >= 11 is 0. The summed E-state index contributed by atoms with van der Waals surface area (Å²) in [5, 5.41) is 16.5. The van der Waals surface area contributed by atoms with Crippen LogP contribution in [0.4, 0.5) is 10.5 Å². The number of amides is 4. The summed E-state index contributed by atoms with van der Waals surface area (Å²) in [4.78, 5) is 108. The van der Waals surface area contributed by atoms with Crippen molar-refractivity contribution in [1.82, 2.24) is 20.4 Å². The van der Waals surface area contributed by atoms with Gasteiger partial charge in [-0.05, 0) is 77.1 Å². The number of nitro groups is 1. The molecule has 2 aliphatic rings. The predicted octanol–water partition coefficient (Wildman–Crippen LogP) is 2.09. The third-order valence-corrected chi connectivity index (χ3v) is 9.56. The second-order valence-corrected chi connectivity index (χ2v) is 13.5. The lowest BCUT2D eigenvalue weighted by Crippen LogP contribution is -2.70. The molecule has 1 aliphatic carbocycles. The molecule has 17 nitrogen and oxygen atoms in total. The molecule has 2 aromatic carbocycles. The highest BCUT2D eigenvalue weighted by Crippen LogP contribution is 2.38. The Bertz CT molecular complexity index is 1750. The van der Waals surface area contributed by atoms with Gasteiger partial charge >= 0.3 is 6.09 Å². The summed E-state index contributed by atoms with van der Waals surface area (Å²) in [5.41, 5.74) is 3.65. The summed E-state index contributed by atoms with van der Waals surface area (Å²) in [6, 6.07) is 8.84. The molecule has 54 heavy (non-hydrogen) atoms. The largest absolute Gasteiger partial charge is 0.417 e. The molecule has 0 spiro atoms. The van der Waals surface area contributed by atoms with Crippen molar-refractivity contribution in [2.75, 3.05) is 20.2 Å². The third kappa shape index (κ3) is 8.80. The maximum Gasteiger partial charge on any atom is 0.417 e. The highest BCUT2D eigenvalue weighted by atomic mass is 16.6. The van der Waals surface area contributed by atoms with Gasteiger partial charge in [-0.25, -0.2) is 4.79 Å². The van der Waals surface area contributed by atoms with E-state index in [1.807, 2.05) is 6.07 Å². The number of unbranched alkanes of at least 4 members (excludes halogenated alkanes) is 1.